The molecule has 1 rings (SSSR count). The van der Waals surface area contributed by atoms with Crippen molar-refractivity contribution in [3.63, 3.8) is 0 Å². The van der Waals surface area contributed by atoms with Crippen LogP contribution in [0.3, 0.4) is 0 Å². The molecule has 0 heterocycles. The summed E-state index contributed by atoms with van der Waals surface area (Å²) < 4.78 is 32.6. The van der Waals surface area contributed by atoms with Gasteiger partial charge in [0, 0.05) is 30.1 Å². The fourth-order valence-electron chi connectivity index (χ4n) is 2.93. The van der Waals surface area contributed by atoms with Gasteiger partial charge in [0.25, 0.3) is 0 Å². The maximum absolute atomic E-state index is 12.7. The number of ether oxygens (including phenoxy) is 6. The number of esters is 2. The van der Waals surface area contributed by atoms with E-state index in [2.05, 4.69) is 44.0 Å². The van der Waals surface area contributed by atoms with Crippen molar-refractivity contribution in [2.75, 3.05) is 39.6 Å². The van der Waals surface area contributed by atoms with E-state index < -0.39 is 17.4 Å². The number of hydrogen-bond acceptors (Lipinski definition) is 10. The molecule has 0 atom stereocenters. The molecule has 0 spiro atoms. The van der Waals surface area contributed by atoms with E-state index in [-0.39, 0.29) is 58.1 Å². The van der Waals surface area contributed by atoms with E-state index in [1.54, 1.807) is 30.4 Å². The first-order chi connectivity index (χ1) is 18.3. The van der Waals surface area contributed by atoms with Crippen molar-refractivity contribution in [1.29, 1.82) is 0 Å². The molecule has 0 saturated carbocycles. The standard InChI is InChI=1S/C28H34N2O8/c1-5-11-33-18-28(19-34-12-6-2,21-38-27(32)22(3)4)20-37-26(31)8-7-23-15-24(35-13-9-29)17-25(16-23)36-14-10-30/h5-6,15-17H,1-3,7-8,11-12,18-21,29-30H2,4H3. The van der Waals surface area contributed by atoms with E-state index in [0.29, 0.717) is 17.1 Å². The van der Waals surface area contributed by atoms with Crippen molar-refractivity contribution in [2.45, 2.75) is 19.8 Å². The summed E-state index contributed by atoms with van der Waals surface area (Å²) in [6.07, 6.45) is 8.05. The lowest BCUT2D eigenvalue weighted by Gasteiger charge is -2.32. The van der Waals surface area contributed by atoms with Crippen LogP contribution >= 0.6 is 0 Å². The fraction of sp³-hybridized carbons (Fsp3) is 0.357. The van der Waals surface area contributed by atoms with Crippen LogP contribution < -0.4 is 20.9 Å². The summed E-state index contributed by atoms with van der Waals surface area (Å²) in [6, 6.07) is 9.17. The molecule has 0 aliphatic rings. The summed E-state index contributed by atoms with van der Waals surface area (Å²) >= 11 is 0. The molecule has 0 aliphatic heterocycles. The van der Waals surface area contributed by atoms with Crippen LogP contribution in [0.5, 0.6) is 11.5 Å². The molecular formula is C28H34N2O8. The summed E-state index contributed by atoms with van der Waals surface area (Å²) in [6.45, 7) is 12.8. The second-order valence-corrected chi connectivity index (χ2v) is 8.13. The van der Waals surface area contributed by atoms with Crippen LogP contribution in [0.1, 0.15) is 18.9 Å². The van der Waals surface area contributed by atoms with E-state index in [0.717, 1.165) is 0 Å². The van der Waals surface area contributed by atoms with Gasteiger partial charge in [-0.1, -0.05) is 18.7 Å². The third kappa shape index (κ3) is 12.5. The minimum atomic E-state index is -0.969. The number of aryl methyl sites for hydroxylation is 1. The molecule has 10 heteroatoms. The monoisotopic (exact) mass is 526 g/mol. The number of carbonyl (C=O) groups excluding carboxylic acids is 2. The van der Waals surface area contributed by atoms with Gasteiger partial charge in [0.2, 0.25) is 0 Å². The Morgan fingerprint density at radius 1 is 0.895 bits per heavy atom. The van der Waals surface area contributed by atoms with Gasteiger partial charge in [-0.2, -0.15) is 0 Å². The fourth-order valence-corrected chi connectivity index (χ4v) is 2.93. The second-order valence-electron chi connectivity index (χ2n) is 8.13. The normalized spacial score (nSPS) is 10.0. The third-order valence-corrected chi connectivity index (χ3v) is 4.70. The van der Waals surface area contributed by atoms with E-state index in [1.165, 1.54) is 6.92 Å². The second kappa shape index (κ2) is 18.0. The van der Waals surface area contributed by atoms with Gasteiger partial charge >= 0.3 is 11.9 Å². The smallest absolute Gasteiger partial charge is 0.333 e. The van der Waals surface area contributed by atoms with Crippen LogP contribution in [-0.2, 0) is 35.0 Å². The highest BCUT2D eigenvalue weighted by Gasteiger charge is 2.35. The van der Waals surface area contributed by atoms with Crippen molar-refractivity contribution in [2.24, 2.45) is 16.9 Å². The molecule has 0 unspecified atom stereocenters. The molecule has 1 aromatic rings. The van der Waals surface area contributed by atoms with E-state index in [9.17, 15) is 9.59 Å². The largest absolute Gasteiger partial charge is 0.465 e. The Hall–Kier alpha value is -4.38. The SMILES string of the molecule is C=CCOCC(COCC=C)(COC(=O)CCc1cc(OC#CN)cc(OC#CN)c1)COC(=O)C(=C)C. The highest BCUT2D eigenvalue weighted by atomic mass is 16.6. The first-order valence-corrected chi connectivity index (χ1v) is 11.5. The Balaban J connectivity index is 2.96. The van der Waals surface area contributed by atoms with Gasteiger partial charge in [0.05, 0.1) is 31.8 Å². The van der Waals surface area contributed by atoms with Crippen LogP contribution in [0.2, 0.25) is 0 Å². The first kappa shape index (κ1) is 31.6. The lowest BCUT2D eigenvalue weighted by molar-refractivity contribution is -0.159. The molecule has 204 valence electrons. The quantitative estimate of drug-likeness (QED) is 0.0730. The van der Waals surface area contributed by atoms with Gasteiger partial charge in [-0.25, -0.2) is 4.79 Å². The van der Waals surface area contributed by atoms with Crippen molar-refractivity contribution in [3.05, 3.63) is 61.2 Å². The zero-order valence-electron chi connectivity index (χ0n) is 21.6. The topological polar surface area (TPSA) is 142 Å². The molecule has 0 aliphatic carbocycles. The molecule has 0 bridgehead atoms. The Kier molecular flexibility index (Phi) is 15.0. The molecule has 0 amide bonds. The maximum atomic E-state index is 12.7. The Morgan fingerprint density at radius 2 is 1.42 bits per heavy atom. The zero-order chi connectivity index (χ0) is 28.2. The number of nitrogens with two attached hydrogens (primary N) is 2. The Labute approximate surface area is 223 Å². The minimum Gasteiger partial charge on any atom is -0.465 e. The predicted octanol–water partition coefficient (Wildman–Crippen LogP) is 2.19. The van der Waals surface area contributed by atoms with Crippen molar-refractivity contribution in [1.82, 2.24) is 0 Å². The Bertz CT molecular complexity index is 1040. The summed E-state index contributed by atoms with van der Waals surface area (Å²) in [5, 5.41) is 0. The van der Waals surface area contributed by atoms with Gasteiger partial charge in [-0.3, -0.25) is 4.79 Å². The zero-order valence-corrected chi connectivity index (χ0v) is 21.6. The summed E-state index contributed by atoms with van der Waals surface area (Å²) in [5.41, 5.74) is 10.3. The van der Waals surface area contributed by atoms with Gasteiger partial charge in [-0.15, -0.1) is 13.2 Å². The van der Waals surface area contributed by atoms with Crippen LogP contribution in [0, 0.1) is 29.7 Å². The molecular weight excluding hydrogens is 492 g/mol. The maximum Gasteiger partial charge on any atom is 0.333 e. The molecule has 10 nitrogen and oxygen atoms in total. The van der Waals surface area contributed by atoms with Gasteiger partial charge in [0.15, 0.2) is 0 Å². The lowest BCUT2D eigenvalue weighted by Crippen LogP contribution is -2.43. The lowest BCUT2D eigenvalue weighted by atomic mass is 9.92. The van der Waals surface area contributed by atoms with E-state index >= 15 is 0 Å². The van der Waals surface area contributed by atoms with E-state index in [4.69, 9.17) is 39.9 Å². The van der Waals surface area contributed by atoms with Crippen molar-refractivity contribution in [3.8, 4) is 35.8 Å². The van der Waals surface area contributed by atoms with Crippen molar-refractivity contribution >= 4 is 11.9 Å². The van der Waals surface area contributed by atoms with Gasteiger partial charge in [-0.05, 0) is 31.0 Å². The molecule has 4 N–H and O–H groups in total. The van der Waals surface area contributed by atoms with Crippen LogP contribution in [-0.4, -0.2) is 51.6 Å². The molecule has 1 aromatic carbocycles. The Morgan fingerprint density at radius 3 is 1.89 bits per heavy atom. The third-order valence-electron chi connectivity index (χ3n) is 4.70. The first-order valence-electron chi connectivity index (χ1n) is 11.5. The van der Waals surface area contributed by atoms with Crippen LogP contribution in [0.4, 0.5) is 0 Å². The number of benzene rings is 1. The minimum absolute atomic E-state index is 0.0245. The highest BCUT2D eigenvalue weighted by molar-refractivity contribution is 5.86. The van der Waals surface area contributed by atoms with E-state index in [1.807, 2.05) is 0 Å². The molecule has 0 saturated heterocycles. The van der Waals surface area contributed by atoms with Crippen molar-refractivity contribution < 1.29 is 38.0 Å². The summed E-state index contributed by atoms with van der Waals surface area (Å²) in [5.74, 6) is -0.378. The molecule has 0 radical (unpaired) electrons. The van der Waals surface area contributed by atoms with Gasteiger partial charge in [0.1, 0.15) is 36.9 Å². The molecule has 0 aromatic heterocycles. The molecule has 38 heavy (non-hydrogen) atoms. The predicted molar refractivity (Wildman–Crippen MR) is 141 cm³/mol. The number of rotatable bonds is 18. The highest BCUT2D eigenvalue weighted by Crippen LogP contribution is 2.25. The number of hydrogen-bond donors (Lipinski definition) is 2. The number of carbonyl (C=O) groups is 2. The van der Waals surface area contributed by atoms with Gasteiger partial charge < -0.3 is 39.9 Å². The molecule has 0 fully saturated rings. The van der Waals surface area contributed by atoms with Crippen LogP contribution in [0.25, 0.3) is 0 Å². The summed E-state index contributed by atoms with van der Waals surface area (Å²) in [4.78, 5) is 24.7. The summed E-state index contributed by atoms with van der Waals surface area (Å²) in [7, 11) is 0. The average Bonchev–Trinajstić information content (AvgIpc) is 2.91. The average molecular weight is 527 g/mol. The van der Waals surface area contributed by atoms with Crippen LogP contribution in [0.15, 0.2) is 55.7 Å².